The van der Waals surface area contributed by atoms with Crippen LogP contribution >= 0.6 is 0 Å². The van der Waals surface area contributed by atoms with Gasteiger partial charge in [0, 0.05) is 18.8 Å². The van der Waals surface area contributed by atoms with E-state index in [1.807, 2.05) is 36.9 Å². The Balaban J connectivity index is 1.67. The average Bonchev–Trinajstić information content (AvgIpc) is 2.98. The molecule has 3 rings (SSSR count). The highest BCUT2D eigenvalue weighted by atomic mass is 16.5. The third kappa shape index (κ3) is 5.12. The standard InChI is InChI=1S/C23H28N2O3/c1-17-11-12-18(2)20(15-17)24-23(27)19-9-5-6-10-21(19)28-16-22(26)25-13-7-3-4-8-14-25/h5-6,9-12,15H,3-4,7-8,13-14,16H2,1-2H3,(H,24,27). The Morgan fingerprint density at radius 2 is 1.71 bits per heavy atom. The summed E-state index contributed by atoms with van der Waals surface area (Å²) >= 11 is 0. The zero-order chi connectivity index (χ0) is 19.9. The number of para-hydroxylation sites is 1. The van der Waals surface area contributed by atoms with Gasteiger partial charge in [0.15, 0.2) is 6.61 Å². The lowest BCUT2D eigenvalue weighted by Crippen LogP contribution is -2.35. The number of rotatable bonds is 5. The summed E-state index contributed by atoms with van der Waals surface area (Å²) in [5, 5.41) is 2.95. The Kier molecular flexibility index (Phi) is 6.69. The molecular formula is C23H28N2O3. The number of hydrogen-bond acceptors (Lipinski definition) is 3. The molecule has 28 heavy (non-hydrogen) atoms. The molecule has 0 spiro atoms. The van der Waals surface area contributed by atoms with Gasteiger partial charge < -0.3 is 15.0 Å². The number of likely N-dealkylation sites (tertiary alicyclic amines) is 1. The summed E-state index contributed by atoms with van der Waals surface area (Å²) in [6.45, 7) is 5.47. The lowest BCUT2D eigenvalue weighted by molar-refractivity contribution is -0.133. The van der Waals surface area contributed by atoms with Crippen LogP contribution in [0.25, 0.3) is 0 Å². The van der Waals surface area contributed by atoms with Gasteiger partial charge in [-0.1, -0.05) is 37.1 Å². The Hall–Kier alpha value is -2.82. The fourth-order valence-corrected chi connectivity index (χ4v) is 3.39. The first-order chi connectivity index (χ1) is 13.5. The molecule has 0 unspecified atom stereocenters. The molecule has 0 bridgehead atoms. The highest BCUT2D eigenvalue weighted by Crippen LogP contribution is 2.22. The van der Waals surface area contributed by atoms with Crippen LogP contribution in [0.3, 0.4) is 0 Å². The highest BCUT2D eigenvalue weighted by Gasteiger charge is 2.18. The zero-order valence-electron chi connectivity index (χ0n) is 16.7. The number of nitrogens with one attached hydrogen (secondary N) is 1. The van der Waals surface area contributed by atoms with Gasteiger partial charge in [-0.25, -0.2) is 0 Å². The van der Waals surface area contributed by atoms with E-state index in [4.69, 9.17) is 4.74 Å². The third-order valence-electron chi connectivity index (χ3n) is 5.08. The molecule has 1 aliphatic heterocycles. The van der Waals surface area contributed by atoms with E-state index in [0.29, 0.717) is 11.3 Å². The van der Waals surface area contributed by atoms with E-state index in [-0.39, 0.29) is 18.4 Å². The first kappa shape index (κ1) is 19.9. The van der Waals surface area contributed by atoms with Gasteiger partial charge in [-0.15, -0.1) is 0 Å². The quantitative estimate of drug-likeness (QED) is 0.840. The normalized spacial score (nSPS) is 14.3. The van der Waals surface area contributed by atoms with Crippen LogP contribution in [-0.4, -0.2) is 36.4 Å². The zero-order valence-corrected chi connectivity index (χ0v) is 16.7. The van der Waals surface area contributed by atoms with Gasteiger partial charge in [0.05, 0.1) is 5.56 Å². The van der Waals surface area contributed by atoms with Crippen LogP contribution in [0.1, 0.15) is 47.2 Å². The number of hydrogen-bond donors (Lipinski definition) is 1. The molecule has 2 aromatic carbocycles. The predicted octanol–water partition coefficient (Wildman–Crippen LogP) is 4.34. The Morgan fingerprint density at radius 3 is 2.46 bits per heavy atom. The fraction of sp³-hybridized carbons (Fsp3) is 0.391. The maximum atomic E-state index is 12.8. The van der Waals surface area contributed by atoms with Crippen LogP contribution in [0.5, 0.6) is 5.75 Å². The van der Waals surface area contributed by atoms with Crippen molar-refractivity contribution in [2.45, 2.75) is 39.5 Å². The van der Waals surface area contributed by atoms with Crippen molar-refractivity contribution in [3.8, 4) is 5.75 Å². The average molecular weight is 380 g/mol. The van der Waals surface area contributed by atoms with Crippen molar-refractivity contribution in [1.29, 1.82) is 0 Å². The first-order valence-electron chi connectivity index (χ1n) is 9.93. The van der Waals surface area contributed by atoms with Crippen molar-refractivity contribution in [1.82, 2.24) is 4.90 Å². The Bertz CT molecular complexity index is 839. The number of anilines is 1. The maximum absolute atomic E-state index is 12.8. The lowest BCUT2D eigenvalue weighted by atomic mass is 10.1. The van der Waals surface area contributed by atoms with Crippen LogP contribution in [0.4, 0.5) is 5.69 Å². The first-order valence-corrected chi connectivity index (χ1v) is 9.93. The molecule has 2 aromatic rings. The molecule has 0 saturated carbocycles. The number of amides is 2. The number of carbonyl (C=O) groups is 2. The van der Waals surface area contributed by atoms with Crippen LogP contribution < -0.4 is 10.1 Å². The van der Waals surface area contributed by atoms with Crippen molar-refractivity contribution >= 4 is 17.5 Å². The molecule has 0 atom stereocenters. The predicted molar refractivity (Wildman–Crippen MR) is 111 cm³/mol. The van der Waals surface area contributed by atoms with Crippen molar-refractivity contribution in [3.05, 3.63) is 59.2 Å². The second-order valence-electron chi connectivity index (χ2n) is 7.35. The summed E-state index contributed by atoms with van der Waals surface area (Å²) in [7, 11) is 0. The molecule has 0 radical (unpaired) electrons. The summed E-state index contributed by atoms with van der Waals surface area (Å²) in [5.41, 5.74) is 3.27. The largest absolute Gasteiger partial charge is 0.483 e. The molecule has 1 heterocycles. The fourth-order valence-electron chi connectivity index (χ4n) is 3.39. The van der Waals surface area contributed by atoms with Gasteiger partial charge in [-0.2, -0.15) is 0 Å². The molecule has 5 nitrogen and oxygen atoms in total. The molecule has 1 fully saturated rings. The molecule has 0 aromatic heterocycles. The molecular weight excluding hydrogens is 352 g/mol. The van der Waals surface area contributed by atoms with Gasteiger partial charge in [0.2, 0.25) is 0 Å². The van der Waals surface area contributed by atoms with Gasteiger partial charge in [-0.05, 0) is 56.0 Å². The van der Waals surface area contributed by atoms with E-state index in [1.165, 1.54) is 12.8 Å². The SMILES string of the molecule is Cc1ccc(C)c(NC(=O)c2ccccc2OCC(=O)N2CCCCCC2)c1. The molecule has 1 aliphatic rings. The molecule has 2 amide bonds. The van der Waals surface area contributed by atoms with Crippen LogP contribution in [0.2, 0.25) is 0 Å². The van der Waals surface area contributed by atoms with Crippen molar-refractivity contribution < 1.29 is 14.3 Å². The van der Waals surface area contributed by atoms with Crippen LogP contribution in [0.15, 0.2) is 42.5 Å². The van der Waals surface area contributed by atoms with Crippen LogP contribution in [0, 0.1) is 13.8 Å². The summed E-state index contributed by atoms with van der Waals surface area (Å²) in [4.78, 5) is 27.1. The minimum absolute atomic E-state index is 0.0216. The number of ether oxygens (including phenoxy) is 1. The minimum Gasteiger partial charge on any atom is -0.483 e. The molecule has 0 aliphatic carbocycles. The van der Waals surface area contributed by atoms with E-state index < -0.39 is 0 Å². The van der Waals surface area contributed by atoms with Gasteiger partial charge >= 0.3 is 0 Å². The molecule has 5 heteroatoms. The van der Waals surface area contributed by atoms with E-state index in [1.54, 1.807) is 24.3 Å². The smallest absolute Gasteiger partial charge is 0.260 e. The van der Waals surface area contributed by atoms with E-state index in [0.717, 1.165) is 42.7 Å². The van der Waals surface area contributed by atoms with Crippen LogP contribution in [-0.2, 0) is 4.79 Å². The highest BCUT2D eigenvalue weighted by molar-refractivity contribution is 6.06. The lowest BCUT2D eigenvalue weighted by Gasteiger charge is -2.20. The Labute approximate surface area is 166 Å². The van der Waals surface area contributed by atoms with Gasteiger partial charge in [-0.3, -0.25) is 9.59 Å². The van der Waals surface area contributed by atoms with Crippen molar-refractivity contribution in [3.63, 3.8) is 0 Å². The summed E-state index contributed by atoms with van der Waals surface area (Å²) in [5.74, 6) is 0.159. The van der Waals surface area contributed by atoms with Gasteiger partial charge in [0.25, 0.3) is 11.8 Å². The van der Waals surface area contributed by atoms with Crippen molar-refractivity contribution in [2.75, 3.05) is 25.0 Å². The third-order valence-corrected chi connectivity index (χ3v) is 5.08. The molecule has 1 N–H and O–H groups in total. The van der Waals surface area contributed by atoms with E-state index in [9.17, 15) is 9.59 Å². The number of nitrogens with zero attached hydrogens (tertiary/aromatic N) is 1. The second kappa shape index (κ2) is 9.40. The molecule has 1 saturated heterocycles. The van der Waals surface area contributed by atoms with E-state index >= 15 is 0 Å². The number of carbonyl (C=O) groups excluding carboxylic acids is 2. The Morgan fingerprint density at radius 1 is 1.00 bits per heavy atom. The molecule has 148 valence electrons. The summed E-state index contributed by atoms with van der Waals surface area (Å²) < 4.78 is 5.75. The topological polar surface area (TPSA) is 58.6 Å². The van der Waals surface area contributed by atoms with E-state index in [2.05, 4.69) is 5.32 Å². The maximum Gasteiger partial charge on any atom is 0.260 e. The summed E-state index contributed by atoms with van der Waals surface area (Å²) in [6.07, 6.45) is 4.43. The minimum atomic E-state index is -0.244. The number of aryl methyl sites for hydroxylation is 2. The van der Waals surface area contributed by atoms with Gasteiger partial charge in [0.1, 0.15) is 5.75 Å². The summed E-state index contributed by atoms with van der Waals surface area (Å²) in [6, 6.07) is 13.0. The van der Waals surface area contributed by atoms with Crippen molar-refractivity contribution in [2.24, 2.45) is 0 Å². The monoisotopic (exact) mass is 380 g/mol. The number of benzene rings is 2. The second-order valence-corrected chi connectivity index (χ2v) is 7.35.